The molecule has 0 atom stereocenters. The Bertz CT molecular complexity index is 788. The zero-order valence-electron chi connectivity index (χ0n) is 12.0. The van der Waals surface area contributed by atoms with Gasteiger partial charge in [-0.15, -0.1) is 0 Å². The van der Waals surface area contributed by atoms with Crippen molar-refractivity contribution in [1.29, 1.82) is 0 Å². The molecule has 2 aromatic rings. The van der Waals surface area contributed by atoms with Crippen molar-refractivity contribution in [2.24, 2.45) is 0 Å². The molecular weight excluding hydrogens is 286 g/mol. The van der Waals surface area contributed by atoms with E-state index in [0.717, 1.165) is 24.1 Å². The molecule has 0 radical (unpaired) electrons. The lowest BCUT2D eigenvalue weighted by atomic mass is 10.0. The fourth-order valence-electron chi connectivity index (χ4n) is 2.53. The van der Waals surface area contributed by atoms with Crippen LogP contribution in [0.4, 0.5) is 0 Å². The lowest BCUT2D eigenvalue weighted by Crippen LogP contribution is -2.25. The number of nitrogens with zero attached hydrogens (tertiary/aromatic N) is 1. The molecule has 1 aliphatic carbocycles. The standard InChI is InChI=1S/C17H16ClNO2/c1-10-3-4-12(9-11(10)2)15-8-7-14(16(18)20)17(21)19(15)13-5-6-13/h3-4,7-9,13H,5-6H2,1-2H3. The predicted octanol–water partition coefficient (Wildman–Crippen LogP) is 3.85. The maximum Gasteiger partial charge on any atom is 0.263 e. The van der Waals surface area contributed by atoms with Gasteiger partial charge in [-0.25, -0.2) is 0 Å². The van der Waals surface area contributed by atoms with E-state index in [1.807, 2.05) is 18.2 Å². The molecule has 1 aliphatic rings. The summed E-state index contributed by atoms with van der Waals surface area (Å²) in [6, 6.07) is 9.67. The van der Waals surface area contributed by atoms with Gasteiger partial charge >= 0.3 is 0 Å². The van der Waals surface area contributed by atoms with E-state index in [-0.39, 0.29) is 17.2 Å². The van der Waals surface area contributed by atoms with Crippen LogP contribution >= 0.6 is 11.6 Å². The van der Waals surface area contributed by atoms with E-state index in [2.05, 4.69) is 19.9 Å². The molecule has 0 amide bonds. The maximum absolute atomic E-state index is 12.5. The van der Waals surface area contributed by atoms with Crippen molar-refractivity contribution >= 4 is 16.8 Å². The lowest BCUT2D eigenvalue weighted by molar-refractivity contribution is 0.107. The highest BCUT2D eigenvalue weighted by molar-refractivity contribution is 6.67. The summed E-state index contributed by atoms with van der Waals surface area (Å²) in [6.45, 7) is 4.11. The molecule has 0 bridgehead atoms. The monoisotopic (exact) mass is 301 g/mol. The number of benzene rings is 1. The SMILES string of the molecule is Cc1ccc(-c2ccc(C(=O)Cl)c(=O)n2C2CC2)cc1C. The fourth-order valence-corrected chi connectivity index (χ4v) is 2.68. The van der Waals surface area contributed by atoms with Crippen molar-refractivity contribution < 1.29 is 4.79 Å². The average Bonchev–Trinajstić information content (AvgIpc) is 3.25. The summed E-state index contributed by atoms with van der Waals surface area (Å²) < 4.78 is 1.72. The van der Waals surface area contributed by atoms with Gasteiger partial charge in [0.15, 0.2) is 0 Å². The van der Waals surface area contributed by atoms with Gasteiger partial charge in [-0.2, -0.15) is 0 Å². The molecule has 1 heterocycles. The number of halogens is 1. The summed E-state index contributed by atoms with van der Waals surface area (Å²) in [5.74, 6) is 0. The highest BCUT2D eigenvalue weighted by Crippen LogP contribution is 2.37. The van der Waals surface area contributed by atoms with E-state index in [0.29, 0.717) is 0 Å². The lowest BCUT2D eigenvalue weighted by Gasteiger charge is -2.14. The predicted molar refractivity (Wildman–Crippen MR) is 84.1 cm³/mol. The molecule has 21 heavy (non-hydrogen) atoms. The number of pyridine rings is 1. The summed E-state index contributed by atoms with van der Waals surface area (Å²) in [5, 5.41) is -0.693. The van der Waals surface area contributed by atoms with Gasteiger partial charge in [0.1, 0.15) is 0 Å². The summed E-state index contributed by atoms with van der Waals surface area (Å²) in [4.78, 5) is 23.9. The van der Waals surface area contributed by atoms with Crippen molar-refractivity contribution in [1.82, 2.24) is 4.57 Å². The Balaban J connectivity index is 2.23. The number of carbonyl (C=O) groups is 1. The number of rotatable bonds is 3. The van der Waals surface area contributed by atoms with Gasteiger partial charge in [0.2, 0.25) is 0 Å². The van der Waals surface area contributed by atoms with Crippen LogP contribution in [0.15, 0.2) is 35.1 Å². The van der Waals surface area contributed by atoms with Crippen molar-refractivity contribution in [2.75, 3.05) is 0 Å². The Hall–Kier alpha value is -1.87. The van der Waals surface area contributed by atoms with Crippen LogP contribution in [0.25, 0.3) is 11.3 Å². The average molecular weight is 302 g/mol. The molecule has 1 fully saturated rings. The van der Waals surface area contributed by atoms with Gasteiger partial charge in [0.25, 0.3) is 10.8 Å². The quantitative estimate of drug-likeness (QED) is 0.808. The minimum absolute atomic E-state index is 0.0520. The molecule has 3 nitrogen and oxygen atoms in total. The van der Waals surface area contributed by atoms with Crippen LogP contribution in [0.2, 0.25) is 0 Å². The minimum Gasteiger partial charge on any atom is -0.305 e. The molecule has 1 aromatic carbocycles. The zero-order chi connectivity index (χ0) is 15.1. The van der Waals surface area contributed by atoms with Crippen LogP contribution in [0.1, 0.15) is 40.4 Å². The molecule has 0 saturated heterocycles. The molecule has 0 aliphatic heterocycles. The Labute approximate surface area is 128 Å². The first-order valence-corrected chi connectivity index (χ1v) is 7.40. The normalized spacial score (nSPS) is 14.2. The number of aromatic nitrogens is 1. The Kier molecular flexibility index (Phi) is 3.46. The van der Waals surface area contributed by atoms with Gasteiger partial charge in [-0.1, -0.05) is 12.1 Å². The first kappa shape index (κ1) is 14.1. The molecular formula is C17H16ClNO2. The third kappa shape index (κ3) is 2.54. The van der Waals surface area contributed by atoms with Crippen molar-refractivity contribution in [2.45, 2.75) is 32.7 Å². The smallest absolute Gasteiger partial charge is 0.263 e. The largest absolute Gasteiger partial charge is 0.305 e. The summed E-state index contributed by atoms with van der Waals surface area (Å²) in [5.41, 5.74) is 4.01. The number of carbonyl (C=O) groups excluding carboxylic acids is 1. The molecule has 0 unspecified atom stereocenters. The second kappa shape index (κ2) is 5.15. The van der Waals surface area contributed by atoms with E-state index in [1.165, 1.54) is 17.2 Å². The Morgan fingerprint density at radius 2 is 1.86 bits per heavy atom. The summed E-state index contributed by atoms with van der Waals surface area (Å²) in [7, 11) is 0. The second-order valence-corrected chi connectivity index (χ2v) is 5.95. The zero-order valence-corrected chi connectivity index (χ0v) is 12.8. The van der Waals surface area contributed by atoms with Gasteiger partial charge in [0.05, 0.1) is 11.3 Å². The molecule has 0 N–H and O–H groups in total. The third-order valence-electron chi connectivity index (χ3n) is 4.04. The molecule has 1 aromatic heterocycles. The van der Waals surface area contributed by atoms with Gasteiger partial charge in [-0.05, 0) is 73.2 Å². The minimum atomic E-state index is -0.693. The topological polar surface area (TPSA) is 39.1 Å². The van der Waals surface area contributed by atoms with Gasteiger partial charge in [0, 0.05) is 6.04 Å². The third-order valence-corrected chi connectivity index (χ3v) is 4.25. The summed E-state index contributed by atoms with van der Waals surface area (Å²) >= 11 is 5.50. The van der Waals surface area contributed by atoms with E-state index in [1.54, 1.807) is 4.57 Å². The van der Waals surface area contributed by atoms with Crippen molar-refractivity contribution in [3.8, 4) is 11.3 Å². The molecule has 108 valence electrons. The van der Waals surface area contributed by atoms with Crippen LogP contribution in [-0.2, 0) is 0 Å². The first-order chi connectivity index (χ1) is 9.99. The van der Waals surface area contributed by atoms with Crippen LogP contribution in [0.3, 0.4) is 0 Å². The van der Waals surface area contributed by atoms with E-state index in [9.17, 15) is 9.59 Å². The van der Waals surface area contributed by atoms with Gasteiger partial charge in [-0.3, -0.25) is 9.59 Å². The van der Waals surface area contributed by atoms with E-state index in [4.69, 9.17) is 11.6 Å². The van der Waals surface area contributed by atoms with Crippen LogP contribution in [0, 0.1) is 13.8 Å². The Morgan fingerprint density at radius 3 is 2.43 bits per heavy atom. The van der Waals surface area contributed by atoms with Crippen LogP contribution in [-0.4, -0.2) is 9.81 Å². The summed E-state index contributed by atoms with van der Waals surface area (Å²) in [6.07, 6.45) is 1.94. The van der Waals surface area contributed by atoms with Crippen LogP contribution < -0.4 is 5.56 Å². The Morgan fingerprint density at radius 1 is 1.14 bits per heavy atom. The molecule has 1 saturated carbocycles. The molecule has 3 rings (SSSR count). The fraction of sp³-hybridized carbons (Fsp3) is 0.294. The molecule has 0 spiro atoms. The van der Waals surface area contributed by atoms with E-state index >= 15 is 0 Å². The highest BCUT2D eigenvalue weighted by atomic mass is 35.5. The van der Waals surface area contributed by atoms with Crippen molar-refractivity contribution in [3.05, 3.63) is 57.4 Å². The molecule has 4 heteroatoms. The number of hydrogen-bond donors (Lipinski definition) is 0. The second-order valence-electron chi connectivity index (χ2n) is 5.61. The number of hydrogen-bond acceptors (Lipinski definition) is 2. The van der Waals surface area contributed by atoms with Crippen molar-refractivity contribution in [3.63, 3.8) is 0 Å². The first-order valence-electron chi connectivity index (χ1n) is 7.02. The van der Waals surface area contributed by atoms with Crippen LogP contribution in [0.5, 0.6) is 0 Å². The maximum atomic E-state index is 12.5. The van der Waals surface area contributed by atoms with E-state index < -0.39 is 5.24 Å². The highest BCUT2D eigenvalue weighted by Gasteiger charge is 2.28. The van der Waals surface area contributed by atoms with Gasteiger partial charge < -0.3 is 4.57 Å². The number of aryl methyl sites for hydroxylation is 2.